The first kappa shape index (κ1) is 22.8. The summed E-state index contributed by atoms with van der Waals surface area (Å²) in [5.41, 5.74) is -2.66. The van der Waals surface area contributed by atoms with E-state index in [9.17, 15) is 39.2 Å². The molecule has 3 aromatic rings. The van der Waals surface area contributed by atoms with Gasteiger partial charge in [-0.1, -0.05) is 6.07 Å². The lowest BCUT2D eigenvalue weighted by Gasteiger charge is -2.12. The van der Waals surface area contributed by atoms with Gasteiger partial charge in [0.05, 0.1) is 17.0 Å². The molecule has 0 bridgehead atoms. The van der Waals surface area contributed by atoms with Crippen LogP contribution < -0.4 is 0 Å². The van der Waals surface area contributed by atoms with Crippen LogP contribution in [0.25, 0.3) is 22.5 Å². The number of hydrogen-bond donors (Lipinski definition) is 1. The average molecular weight is 466 g/mol. The number of alkyl halides is 5. The van der Waals surface area contributed by atoms with Gasteiger partial charge in [0.1, 0.15) is 16.5 Å². The average Bonchev–Trinajstić information content (AvgIpc) is 3.06. The fraction of sp³-hybridized carbons (Fsp3) is 0.211. The topological polar surface area (TPSA) is 62.8 Å². The molecule has 0 radical (unpaired) electrons. The molecule has 0 aliphatic rings. The van der Waals surface area contributed by atoms with Crippen molar-refractivity contribution in [3.05, 3.63) is 58.9 Å². The molecule has 0 aliphatic carbocycles. The number of rotatable bonds is 4. The van der Waals surface area contributed by atoms with E-state index in [2.05, 4.69) is 9.97 Å². The van der Waals surface area contributed by atoms with Gasteiger partial charge in [0.2, 0.25) is 0 Å². The van der Waals surface area contributed by atoms with E-state index in [0.717, 1.165) is 25.1 Å². The molecule has 1 aromatic heterocycles. The molecule has 166 valence electrons. The summed E-state index contributed by atoms with van der Waals surface area (Å²) >= 11 is 0. The summed E-state index contributed by atoms with van der Waals surface area (Å²) < 4.78 is 118. The lowest BCUT2D eigenvalue weighted by molar-refractivity contribution is -0.138. The van der Waals surface area contributed by atoms with Crippen LogP contribution in [0, 0.1) is 18.6 Å². The van der Waals surface area contributed by atoms with Crippen molar-refractivity contribution in [1.29, 1.82) is 0 Å². The first-order chi connectivity index (χ1) is 14.2. The molecule has 0 aliphatic heterocycles. The van der Waals surface area contributed by atoms with Gasteiger partial charge in [-0.3, -0.25) is 0 Å². The number of aromatic amines is 1. The Morgan fingerprint density at radius 2 is 1.68 bits per heavy atom. The zero-order chi connectivity index (χ0) is 23.3. The Labute approximate surface area is 171 Å². The number of nitrogens with zero attached hydrogens (tertiary/aromatic N) is 1. The van der Waals surface area contributed by atoms with Crippen molar-refractivity contribution in [2.75, 3.05) is 6.26 Å². The van der Waals surface area contributed by atoms with E-state index in [4.69, 9.17) is 0 Å². The molecule has 0 saturated heterocycles. The van der Waals surface area contributed by atoms with Gasteiger partial charge in [0, 0.05) is 17.4 Å². The van der Waals surface area contributed by atoms with Crippen molar-refractivity contribution in [1.82, 2.24) is 9.97 Å². The summed E-state index contributed by atoms with van der Waals surface area (Å²) in [7, 11) is -4.12. The summed E-state index contributed by atoms with van der Waals surface area (Å²) in [6.07, 6.45) is -7.14. The van der Waals surface area contributed by atoms with Crippen molar-refractivity contribution in [3.63, 3.8) is 0 Å². The minimum absolute atomic E-state index is 0.0596. The molecule has 4 nitrogen and oxygen atoms in total. The number of nitrogens with one attached hydrogen (secondary N) is 1. The maximum Gasteiger partial charge on any atom is 0.416 e. The van der Waals surface area contributed by atoms with Crippen LogP contribution in [0.15, 0.2) is 35.2 Å². The van der Waals surface area contributed by atoms with Crippen LogP contribution in [-0.2, 0) is 16.0 Å². The molecule has 1 heterocycles. The first-order valence-electron chi connectivity index (χ1n) is 8.46. The molecule has 0 unspecified atom stereocenters. The normalized spacial score (nSPS) is 12.6. The monoisotopic (exact) mass is 466 g/mol. The molecule has 0 spiro atoms. The van der Waals surface area contributed by atoms with E-state index >= 15 is 0 Å². The van der Waals surface area contributed by atoms with E-state index in [0.29, 0.717) is 18.4 Å². The Bertz CT molecular complexity index is 1260. The maximum absolute atomic E-state index is 14.6. The molecule has 2 aromatic carbocycles. The number of benzene rings is 2. The van der Waals surface area contributed by atoms with Gasteiger partial charge in [-0.05, 0) is 36.8 Å². The highest BCUT2D eigenvalue weighted by Crippen LogP contribution is 2.38. The number of sulfone groups is 1. The fourth-order valence-electron chi connectivity index (χ4n) is 3.03. The van der Waals surface area contributed by atoms with E-state index in [1.54, 1.807) is 0 Å². The Morgan fingerprint density at radius 1 is 1.03 bits per heavy atom. The van der Waals surface area contributed by atoms with Gasteiger partial charge in [-0.25, -0.2) is 31.0 Å². The third-order valence-electron chi connectivity index (χ3n) is 4.42. The maximum atomic E-state index is 14.6. The quantitative estimate of drug-likeness (QED) is 0.503. The second-order valence-corrected chi connectivity index (χ2v) is 8.69. The SMILES string of the molecule is Cc1cc(-c2nc(C(F)F)[nH]c2-c2cc(F)c(S(C)(=O)=O)cc2F)ccc1C(F)(F)F. The zero-order valence-corrected chi connectivity index (χ0v) is 16.6. The van der Waals surface area contributed by atoms with Crippen LogP contribution in [0.1, 0.15) is 23.4 Å². The van der Waals surface area contributed by atoms with Crippen LogP contribution in [0.5, 0.6) is 0 Å². The Hall–Kier alpha value is -2.89. The molecule has 1 N–H and O–H groups in total. The molecule has 0 saturated carbocycles. The van der Waals surface area contributed by atoms with Crippen molar-refractivity contribution >= 4 is 9.84 Å². The van der Waals surface area contributed by atoms with Crippen molar-refractivity contribution < 1.29 is 39.2 Å². The van der Waals surface area contributed by atoms with Crippen molar-refractivity contribution in [3.8, 4) is 22.5 Å². The van der Waals surface area contributed by atoms with Gasteiger partial charge in [0.25, 0.3) is 6.43 Å². The molecule has 0 atom stereocenters. The Kier molecular flexibility index (Phi) is 5.63. The van der Waals surface area contributed by atoms with Crippen LogP contribution >= 0.6 is 0 Å². The standard InChI is InChI=1S/C19H13F7N2O2S/c1-8-5-9(3-4-11(8)19(24,25)26)15-16(28-18(27-15)17(22)23)10-6-13(21)14(7-12(10)20)31(2,29)30/h3-7,17H,1-2H3,(H,27,28). The fourth-order valence-corrected chi connectivity index (χ4v) is 3.76. The number of hydrogen-bond acceptors (Lipinski definition) is 3. The van der Waals surface area contributed by atoms with E-state index < -0.39 is 61.6 Å². The predicted molar refractivity (Wildman–Crippen MR) is 97.2 cm³/mol. The Morgan fingerprint density at radius 3 is 2.19 bits per heavy atom. The van der Waals surface area contributed by atoms with Gasteiger partial charge in [-0.15, -0.1) is 0 Å². The third-order valence-corrected chi connectivity index (χ3v) is 5.54. The largest absolute Gasteiger partial charge is 0.416 e. The number of halogens is 7. The van der Waals surface area contributed by atoms with Gasteiger partial charge in [0.15, 0.2) is 15.7 Å². The van der Waals surface area contributed by atoms with E-state index in [1.807, 2.05) is 0 Å². The number of imidazole rings is 1. The molecule has 0 fully saturated rings. The second kappa shape index (κ2) is 7.66. The highest BCUT2D eigenvalue weighted by Gasteiger charge is 2.33. The van der Waals surface area contributed by atoms with Crippen LogP contribution in [0.3, 0.4) is 0 Å². The summed E-state index contributed by atoms with van der Waals surface area (Å²) in [5, 5.41) is 0. The minimum Gasteiger partial charge on any atom is -0.337 e. The number of aromatic nitrogens is 2. The minimum atomic E-state index is -4.65. The predicted octanol–water partition coefficient (Wildman–Crippen LogP) is 5.69. The molecule has 12 heteroatoms. The van der Waals surface area contributed by atoms with E-state index in [1.165, 1.54) is 0 Å². The number of aryl methyl sites for hydroxylation is 1. The van der Waals surface area contributed by atoms with Crippen LogP contribution in [0.4, 0.5) is 30.7 Å². The summed E-state index contributed by atoms with van der Waals surface area (Å²) in [6.45, 7) is 1.15. The highest BCUT2D eigenvalue weighted by atomic mass is 32.2. The Balaban J connectivity index is 2.25. The lowest BCUT2D eigenvalue weighted by atomic mass is 10.00. The van der Waals surface area contributed by atoms with Gasteiger partial charge >= 0.3 is 6.18 Å². The molecule has 31 heavy (non-hydrogen) atoms. The molecule has 0 amide bonds. The lowest BCUT2D eigenvalue weighted by Crippen LogP contribution is -2.07. The molecular formula is C19H13F7N2O2S. The summed E-state index contributed by atoms with van der Waals surface area (Å²) in [4.78, 5) is 4.85. The smallest absolute Gasteiger partial charge is 0.337 e. The number of H-pyrrole nitrogens is 1. The van der Waals surface area contributed by atoms with Crippen molar-refractivity contribution in [2.24, 2.45) is 0 Å². The summed E-state index contributed by atoms with van der Waals surface area (Å²) in [5.74, 6) is -3.51. The van der Waals surface area contributed by atoms with Gasteiger partial charge < -0.3 is 4.98 Å². The van der Waals surface area contributed by atoms with Gasteiger partial charge in [-0.2, -0.15) is 13.2 Å². The van der Waals surface area contributed by atoms with Crippen LogP contribution in [0.2, 0.25) is 0 Å². The third kappa shape index (κ3) is 4.43. The molecule has 3 rings (SSSR count). The summed E-state index contributed by atoms with van der Waals surface area (Å²) in [6, 6.07) is 3.59. The highest BCUT2D eigenvalue weighted by molar-refractivity contribution is 7.90. The first-order valence-corrected chi connectivity index (χ1v) is 10.3. The molecular weight excluding hydrogens is 453 g/mol. The zero-order valence-electron chi connectivity index (χ0n) is 15.8. The second-order valence-electron chi connectivity index (χ2n) is 6.71. The van der Waals surface area contributed by atoms with Crippen molar-refractivity contribution in [2.45, 2.75) is 24.4 Å². The van der Waals surface area contributed by atoms with E-state index in [-0.39, 0.29) is 16.8 Å². The van der Waals surface area contributed by atoms with Crippen LogP contribution in [-0.4, -0.2) is 24.6 Å².